The number of hydrogen-bond donors (Lipinski definition) is 2. The fraction of sp³-hybridized carbons (Fsp3) is 0.562. The van der Waals surface area contributed by atoms with E-state index in [2.05, 4.69) is 29.2 Å². The molecular formula is C16H26N4O. The molecule has 116 valence electrons. The first-order chi connectivity index (χ1) is 9.97. The van der Waals surface area contributed by atoms with Gasteiger partial charge in [0.05, 0.1) is 6.54 Å². The molecule has 0 radical (unpaired) electrons. The molecule has 0 spiro atoms. The zero-order valence-corrected chi connectivity index (χ0v) is 13.2. The lowest BCUT2D eigenvalue weighted by Crippen LogP contribution is -2.47. The number of amides is 1. The first-order valence-electron chi connectivity index (χ1n) is 7.51. The second kappa shape index (κ2) is 6.91. The van der Waals surface area contributed by atoms with E-state index in [1.54, 1.807) is 0 Å². The van der Waals surface area contributed by atoms with Crippen molar-refractivity contribution in [3.8, 4) is 0 Å². The largest absolute Gasteiger partial charge is 0.398 e. The van der Waals surface area contributed by atoms with Crippen LogP contribution < -0.4 is 11.1 Å². The predicted octanol–water partition coefficient (Wildman–Crippen LogP) is 1.54. The minimum absolute atomic E-state index is 0.0307. The number of carbonyl (C=O) groups is 1. The third-order valence-corrected chi connectivity index (χ3v) is 4.23. The molecule has 21 heavy (non-hydrogen) atoms. The van der Waals surface area contributed by atoms with E-state index in [0.29, 0.717) is 18.3 Å². The van der Waals surface area contributed by atoms with E-state index in [1.807, 2.05) is 25.1 Å². The van der Waals surface area contributed by atoms with Crippen molar-refractivity contribution in [2.75, 3.05) is 44.8 Å². The Kier molecular flexibility index (Phi) is 5.20. The van der Waals surface area contributed by atoms with Gasteiger partial charge in [-0.2, -0.15) is 0 Å². The van der Waals surface area contributed by atoms with Gasteiger partial charge in [-0.05, 0) is 58.1 Å². The quantitative estimate of drug-likeness (QED) is 0.826. The van der Waals surface area contributed by atoms with Crippen LogP contribution in [-0.2, 0) is 4.79 Å². The van der Waals surface area contributed by atoms with Crippen LogP contribution in [0.15, 0.2) is 18.2 Å². The molecule has 1 aromatic rings. The van der Waals surface area contributed by atoms with Crippen LogP contribution in [0.2, 0.25) is 0 Å². The normalized spacial score (nSPS) is 19.7. The summed E-state index contributed by atoms with van der Waals surface area (Å²) in [5.74, 6) is 0.0307. The molecule has 1 aromatic carbocycles. The van der Waals surface area contributed by atoms with Crippen LogP contribution >= 0.6 is 0 Å². The Labute approximate surface area is 127 Å². The van der Waals surface area contributed by atoms with Crippen molar-refractivity contribution in [2.45, 2.75) is 25.8 Å². The van der Waals surface area contributed by atoms with Gasteiger partial charge in [0, 0.05) is 24.0 Å². The molecule has 5 nitrogen and oxygen atoms in total. The SMILES string of the molecule is Cc1c(N)cccc1NC(=O)CN1CCCC(N(C)C)C1. The molecule has 1 fully saturated rings. The Balaban J connectivity index is 1.91. The number of hydrogen-bond acceptors (Lipinski definition) is 4. The third-order valence-electron chi connectivity index (χ3n) is 4.23. The highest BCUT2D eigenvalue weighted by Gasteiger charge is 2.22. The number of anilines is 2. The fourth-order valence-electron chi connectivity index (χ4n) is 2.78. The maximum Gasteiger partial charge on any atom is 0.238 e. The number of likely N-dealkylation sites (N-methyl/N-ethyl adjacent to an activating group) is 1. The molecule has 0 aromatic heterocycles. The maximum atomic E-state index is 12.2. The van der Waals surface area contributed by atoms with E-state index < -0.39 is 0 Å². The molecule has 1 saturated heterocycles. The number of nitrogens with zero attached hydrogens (tertiary/aromatic N) is 2. The summed E-state index contributed by atoms with van der Waals surface area (Å²) in [7, 11) is 4.20. The zero-order chi connectivity index (χ0) is 15.4. The highest BCUT2D eigenvalue weighted by Crippen LogP contribution is 2.20. The average molecular weight is 290 g/mol. The van der Waals surface area contributed by atoms with Crippen LogP contribution in [0.3, 0.4) is 0 Å². The summed E-state index contributed by atoms with van der Waals surface area (Å²) >= 11 is 0. The first kappa shape index (κ1) is 15.8. The lowest BCUT2D eigenvalue weighted by Gasteiger charge is -2.35. The van der Waals surface area contributed by atoms with Gasteiger partial charge in [-0.15, -0.1) is 0 Å². The van der Waals surface area contributed by atoms with Crippen molar-refractivity contribution in [3.05, 3.63) is 23.8 Å². The molecule has 0 bridgehead atoms. The van der Waals surface area contributed by atoms with Crippen molar-refractivity contribution in [1.82, 2.24) is 9.80 Å². The second-order valence-corrected chi connectivity index (χ2v) is 6.06. The van der Waals surface area contributed by atoms with Crippen LogP contribution in [0.5, 0.6) is 0 Å². The molecule has 0 saturated carbocycles. The number of nitrogen functional groups attached to an aromatic ring is 1. The Bertz CT molecular complexity index is 501. The number of nitrogens with two attached hydrogens (primary N) is 1. The number of carbonyl (C=O) groups excluding carboxylic acids is 1. The van der Waals surface area contributed by atoms with E-state index >= 15 is 0 Å². The molecule has 1 heterocycles. The summed E-state index contributed by atoms with van der Waals surface area (Å²) in [6.45, 7) is 4.32. The van der Waals surface area contributed by atoms with Crippen molar-refractivity contribution in [1.29, 1.82) is 0 Å². The van der Waals surface area contributed by atoms with Crippen molar-refractivity contribution >= 4 is 17.3 Å². The molecule has 1 unspecified atom stereocenters. The highest BCUT2D eigenvalue weighted by molar-refractivity contribution is 5.93. The average Bonchev–Trinajstić information content (AvgIpc) is 2.44. The molecular weight excluding hydrogens is 264 g/mol. The molecule has 5 heteroatoms. The molecule has 1 aliphatic heterocycles. The van der Waals surface area contributed by atoms with Gasteiger partial charge in [0.15, 0.2) is 0 Å². The topological polar surface area (TPSA) is 61.6 Å². The summed E-state index contributed by atoms with van der Waals surface area (Å²) in [6, 6.07) is 6.14. The smallest absolute Gasteiger partial charge is 0.238 e. The minimum Gasteiger partial charge on any atom is -0.398 e. The van der Waals surface area contributed by atoms with Gasteiger partial charge < -0.3 is 16.0 Å². The summed E-state index contributed by atoms with van der Waals surface area (Å²) in [4.78, 5) is 16.7. The number of rotatable bonds is 4. The molecule has 1 aliphatic rings. The van der Waals surface area contributed by atoms with Gasteiger partial charge in [0.25, 0.3) is 0 Å². The summed E-state index contributed by atoms with van der Waals surface area (Å²) < 4.78 is 0. The van der Waals surface area contributed by atoms with Gasteiger partial charge in [-0.3, -0.25) is 9.69 Å². The predicted molar refractivity (Wildman–Crippen MR) is 87.4 cm³/mol. The Morgan fingerprint density at radius 2 is 2.24 bits per heavy atom. The third kappa shape index (κ3) is 4.19. The Hall–Kier alpha value is -1.59. The van der Waals surface area contributed by atoms with E-state index in [4.69, 9.17) is 5.73 Å². The number of nitrogens with one attached hydrogen (secondary N) is 1. The first-order valence-corrected chi connectivity index (χ1v) is 7.51. The summed E-state index contributed by atoms with van der Waals surface area (Å²) in [5, 5.41) is 2.97. The van der Waals surface area contributed by atoms with Gasteiger partial charge in [0.1, 0.15) is 0 Å². The standard InChI is InChI=1S/C16H26N4O/c1-12-14(17)7-4-8-15(12)18-16(21)11-20-9-5-6-13(10-20)19(2)3/h4,7-8,13H,5-6,9-11,17H2,1-3H3,(H,18,21). The minimum atomic E-state index is 0.0307. The lowest BCUT2D eigenvalue weighted by molar-refractivity contribution is -0.117. The molecule has 2 rings (SSSR count). The maximum absolute atomic E-state index is 12.2. The van der Waals surface area contributed by atoms with E-state index in [9.17, 15) is 4.79 Å². The zero-order valence-electron chi connectivity index (χ0n) is 13.2. The second-order valence-electron chi connectivity index (χ2n) is 6.06. The highest BCUT2D eigenvalue weighted by atomic mass is 16.2. The summed E-state index contributed by atoms with van der Waals surface area (Å²) in [6.07, 6.45) is 2.35. The lowest BCUT2D eigenvalue weighted by atomic mass is 10.1. The monoisotopic (exact) mass is 290 g/mol. The van der Waals surface area contributed by atoms with Crippen LogP contribution in [0, 0.1) is 6.92 Å². The van der Waals surface area contributed by atoms with Crippen molar-refractivity contribution < 1.29 is 4.79 Å². The van der Waals surface area contributed by atoms with Crippen LogP contribution in [0.25, 0.3) is 0 Å². The molecule has 1 amide bonds. The number of benzene rings is 1. The molecule has 1 atom stereocenters. The number of piperidine rings is 1. The van der Waals surface area contributed by atoms with Gasteiger partial charge in [-0.1, -0.05) is 6.07 Å². The molecule has 3 N–H and O–H groups in total. The molecule has 0 aliphatic carbocycles. The van der Waals surface area contributed by atoms with Gasteiger partial charge >= 0.3 is 0 Å². The van der Waals surface area contributed by atoms with E-state index in [-0.39, 0.29) is 5.91 Å². The summed E-state index contributed by atoms with van der Waals surface area (Å²) in [5.41, 5.74) is 8.30. The van der Waals surface area contributed by atoms with Crippen molar-refractivity contribution in [2.24, 2.45) is 0 Å². The fourth-order valence-corrected chi connectivity index (χ4v) is 2.78. The van der Waals surface area contributed by atoms with E-state index in [1.165, 1.54) is 6.42 Å². The van der Waals surface area contributed by atoms with Crippen LogP contribution in [0.4, 0.5) is 11.4 Å². The van der Waals surface area contributed by atoms with Crippen LogP contribution in [-0.4, -0.2) is 55.5 Å². The van der Waals surface area contributed by atoms with Crippen LogP contribution in [0.1, 0.15) is 18.4 Å². The Morgan fingerprint density at radius 1 is 1.48 bits per heavy atom. The Morgan fingerprint density at radius 3 is 2.95 bits per heavy atom. The van der Waals surface area contributed by atoms with Gasteiger partial charge in [-0.25, -0.2) is 0 Å². The van der Waals surface area contributed by atoms with E-state index in [0.717, 1.165) is 30.8 Å². The van der Waals surface area contributed by atoms with Gasteiger partial charge in [0.2, 0.25) is 5.91 Å². The van der Waals surface area contributed by atoms with Crippen molar-refractivity contribution in [3.63, 3.8) is 0 Å². The number of likely N-dealkylation sites (tertiary alicyclic amines) is 1.